The van der Waals surface area contributed by atoms with Gasteiger partial charge in [0.15, 0.2) is 5.11 Å². The maximum atomic E-state index is 13.1. The van der Waals surface area contributed by atoms with Crippen LogP contribution in [0, 0.1) is 12.8 Å². The maximum Gasteiger partial charge on any atom is 0.269 e. The van der Waals surface area contributed by atoms with Crippen LogP contribution < -0.4 is 15.2 Å². The Morgan fingerprint density at radius 3 is 2.30 bits per heavy atom. The van der Waals surface area contributed by atoms with Crippen LogP contribution in [0.2, 0.25) is 0 Å². The number of amides is 3. The Balaban J connectivity index is 1.67. The van der Waals surface area contributed by atoms with E-state index in [1.165, 1.54) is 16.0 Å². The first-order chi connectivity index (χ1) is 14.4. The summed E-state index contributed by atoms with van der Waals surface area (Å²) in [7, 11) is 0. The number of anilines is 2. The molecule has 0 aliphatic carbocycles. The molecule has 150 valence electrons. The van der Waals surface area contributed by atoms with E-state index in [0.29, 0.717) is 17.1 Å². The molecule has 2 aliphatic rings. The first-order valence-electron chi connectivity index (χ1n) is 9.29. The van der Waals surface area contributed by atoms with Gasteiger partial charge in [-0.1, -0.05) is 35.9 Å². The van der Waals surface area contributed by atoms with Gasteiger partial charge in [-0.2, -0.15) is 10.1 Å². The summed E-state index contributed by atoms with van der Waals surface area (Å²) in [5.41, 5.74) is 2.53. The number of nitrogens with zero attached hydrogens (tertiary/aromatic N) is 3. The number of carbonyl (C=O) groups is 3. The minimum Gasteiger partial charge on any atom is -0.298 e. The summed E-state index contributed by atoms with van der Waals surface area (Å²) in [6.07, 6.45) is 1.37. The minimum atomic E-state index is -0.818. The highest BCUT2D eigenvalue weighted by Crippen LogP contribution is 2.27. The van der Waals surface area contributed by atoms with Crippen LogP contribution in [-0.4, -0.2) is 28.5 Å². The SMILES string of the molecule is CC1=NN(c2ccccc2)C(=O)[C@H]1/C=C1\C(=O)NC(=S)N(c2ccc(C)cc2)C1=O. The summed E-state index contributed by atoms with van der Waals surface area (Å²) in [6, 6.07) is 16.2. The van der Waals surface area contributed by atoms with Crippen LogP contribution in [0.4, 0.5) is 11.4 Å². The molecule has 0 spiro atoms. The fourth-order valence-corrected chi connectivity index (χ4v) is 3.58. The van der Waals surface area contributed by atoms with E-state index < -0.39 is 17.7 Å². The third-order valence-corrected chi connectivity index (χ3v) is 5.20. The molecule has 0 radical (unpaired) electrons. The van der Waals surface area contributed by atoms with E-state index in [2.05, 4.69) is 10.4 Å². The van der Waals surface area contributed by atoms with E-state index in [1.807, 2.05) is 25.1 Å². The summed E-state index contributed by atoms with van der Waals surface area (Å²) in [6.45, 7) is 3.62. The lowest BCUT2D eigenvalue weighted by atomic mass is 9.98. The summed E-state index contributed by atoms with van der Waals surface area (Å²) in [5.74, 6) is -2.36. The number of hydrogen-bond acceptors (Lipinski definition) is 5. The van der Waals surface area contributed by atoms with Crippen molar-refractivity contribution >= 4 is 52.1 Å². The van der Waals surface area contributed by atoms with Gasteiger partial charge >= 0.3 is 0 Å². The lowest BCUT2D eigenvalue weighted by Crippen LogP contribution is -2.54. The van der Waals surface area contributed by atoms with Gasteiger partial charge in [0, 0.05) is 0 Å². The van der Waals surface area contributed by atoms with E-state index in [9.17, 15) is 14.4 Å². The van der Waals surface area contributed by atoms with Crippen LogP contribution in [-0.2, 0) is 14.4 Å². The molecule has 0 saturated carbocycles. The molecule has 0 unspecified atom stereocenters. The predicted octanol–water partition coefficient (Wildman–Crippen LogP) is 2.71. The Bertz CT molecular complexity index is 1120. The van der Waals surface area contributed by atoms with Crippen molar-refractivity contribution in [3.05, 3.63) is 71.8 Å². The molecule has 0 aromatic heterocycles. The molecule has 1 saturated heterocycles. The summed E-state index contributed by atoms with van der Waals surface area (Å²) < 4.78 is 0. The van der Waals surface area contributed by atoms with Crippen molar-refractivity contribution in [3.8, 4) is 0 Å². The normalized spacial score (nSPS) is 20.7. The third-order valence-electron chi connectivity index (χ3n) is 4.91. The van der Waals surface area contributed by atoms with Crippen LogP contribution in [0.15, 0.2) is 71.3 Å². The van der Waals surface area contributed by atoms with Gasteiger partial charge in [-0.15, -0.1) is 0 Å². The highest BCUT2D eigenvalue weighted by atomic mass is 32.1. The molecule has 2 heterocycles. The van der Waals surface area contributed by atoms with Crippen molar-refractivity contribution in [1.29, 1.82) is 0 Å². The second-order valence-corrected chi connectivity index (χ2v) is 7.41. The first-order valence-corrected chi connectivity index (χ1v) is 9.70. The van der Waals surface area contributed by atoms with E-state index in [-0.39, 0.29) is 16.6 Å². The van der Waals surface area contributed by atoms with Crippen molar-refractivity contribution in [2.75, 3.05) is 9.91 Å². The van der Waals surface area contributed by atoms with Crippen molar-refractivity contribution < 1.29 is 14.4 Å². The Morgan fingerprint density at radius 1 is 0.967 bits per heavy atom. The lowest BCUT2D eigenvalue weighted by molar-refractivity contribution is -0.122. The van der Waals surface area contributed by atoms with Crippen molar-refractivity contribution in [1.82, 2.24) is 5.32 Å². The number of hydrazone groups is 1. The molecule has 1 fully saturated rings. The summed E-state index contributed by atoms with van der Waals surface area (Å²) in [4.78, 5) is 39.8. The largest absolute Gasteiger partial charge is 0.298 e. The number of hydrogen-bond donors (Lipinski definition) is 1. The molecular formula is C22H18N4O3S. The summed E-state index contributed by atoms with van der Waals surface area (Å²) in [5, 5.41) is 8.13. The molecule has 8 heteroatoms. The molecule has 1 N–H and O–H groups in total. The van der Waals surface area contributed by atoms with Gasteiger partial charge in [0.1, 0.15) is 5.57 Å². The molecule has 1 atom stereocenters. The molecule has 30 heavy (non-hydrogen) atoms. The topological polar surface area (TPSA) is 82.1 Å². The molecular weight excluding hydrogens is 400 g/mol. The van der Waals surface area contributed by atoms with Gasteiger partial charge in [-0.05, 0) is 56.4 Å². The third kappa shape index (κ3) is 3.42. The summed E-state index contributed by atoms with van der Waals surface area (Å²) >= 11 is 5.21. The maximum absolute atomic E-state index is 13.1. The van der Waals surface area contributed by atoms with E-state index in [0.717, 1.165) is 5.56 Å². The van der Waals surface area contributed by atoms with Crippen molar-refractivity contribution in [2.24, 2.45) is 11.0 Å². The lowest BCUT2D eigenvalue weighted by Gasteiger charge is -2.29. The fourth-order valence-electron chi connectivity index (χ4n) is 3.30. The van der Waals surface area contributed by atoms with Gasteiger partial charge in [0.25, 0.3) is 17.7 Å². The second-order valence-electron chi connectivity index (χ2n) is 7.02. The predicted molar refractivity (Wildman–Crippen MR) is 118 cm³/mol. The van der Waals surface area contributed by atoms with Crippen LogP contribution in [0.1, 0.15) is 12.5 Å². The van der Waals surface area contributed by atoms with E-state index in [4.69, 9.17) is 12.2 Å². The zero-order chi connectivity index (χ0) is 21.4. The number of carbonyl (C=O) groups excluding carboxylic acids is 3. The van der Waals surface area contributed by atoms with Crippen LogP contribution in [0.5, 0.6) is 0 Å². The quantitative estimate of drug-likeness (QED) is 0.472. The fraction of sp³-hybridized carbons (Fsp3) is 0.136. The molecule has 4 rings (SSSR count). The average Bonchev–Trinajstić information content (AvgIpc) is 3.01. The molecule has 0 bridgehead atoms. The molecule has 2 aromatic carbocycles. The standard InChI is InChI=1S/C22H18N4O3S/c1-13-8-10-15(11-9-13)25-20(28)18(19(27)23-22(25)30)12-17-14(2)24-26(21(17)29)16-6-4-3-5-7-16/h3-12,17H,1-2H3,(H,23,27,30)/b18-12+/t17-/m0/s1. The van der Waals surface area contributed by atoms with Gasteiger partial charge in [-0.3, -0.25) is 24.6 Å². The highest BCUT2D eigenvalue weighted by molar-refractivity contribution is 7.80. The number of benzene rings is 2. The zero-order valence-electron chi connectivity index (χ0n) is 16.3. The zero-order valence-corrected chi connectivity index (χ0v) is 17.1. The Kier molecular flexibility index (Phi) is 5.01. The number of aryl methyl sites for hydroxylation is 1. The van der Waals surface area contributed by atoms with Gasteiger partial charge in [-0.25, -0.2) is 0 Å². The highest BCUT2D eigenvalue weighted by Gasteiger charge is 2.39. The van der Waals surface area contributed by atoms with Gasteiger partial charge < -0.3 is 0 Å². The average molecular weight is 418 g/mol. The molecule has 2 aromatic rings. The monoisotopic (exact) mass is 418 g/mol. The number of rotatable bonds is 3. The number of nitrogens with one attached hydrogen (secondary N) is 1. The van der Waals surface area contributed by atoms with Crippen LogP contribution in [0.3, 0.4) is 0 Å². The molecule has 2 aliphatic heterocycles. The van der Waals surface area contributed by atoms with Gasteiger partial charge in [0.2, 0.25) is 0 Å². The number of para-hydroxylation sites is 1. The van der Waals surface area contributed by atoms with Gasteiger partial charge in [0.05, 0.1) is 23.0 Å². The Hall–Kier alpha value is -3.65. The minimum absolute atomic E-state index is 0.0000487. The Morgan fingerprint density at radius 2 is 1.63 bits per heavy atom. The van der Waals surface area contributed by atoms with Crippen molar-refractivity contribution in [2.45, 2.75) is 13.8 Å². The Labute approximate surface area is 178 Å². The second kappa shape index (κ2) is 7.64. The smallest absolute Gasteiger partial charge is 0.269 e. The van der Waals surface area contributed by atoms with E-state index >= 15 is 0 Å². The first kappa shape index (κ1) is 19.7. The van der Waals surface area contributed by atoms with E-state index in [1.54, 1.807) is 43.3 Å². The van der Waals surface area contributed by atoms with Crippen molar-refractivity contribution in [3.63, 3.8) is 0 Å². The molecule has 7 nitrogen and oxygen atoms in total. The van der Waals surface area contributed by atoms with Crippen LogP contribution in [0.25, 0.3) is 0 Å². The van der Waals surface area contributed by atoms with Crippen LogP contribution >= 0.6 is 12.2 Å². The molecule has 3 amide bonds. The number of thiocarbonyl (C=S) groups is 1.